The topological polar surface area (TPSA) is 49.4 Å². The van der Waals surface area contributed by atoms with Crippen LogP contribution < -0.4 is 5.32 Å². The summed E-state index contributed by atoms with van der Waals surface area (Å²) in [5, 5.41) is 5.14. The fourth-order valence-corrected chi connectivity index (χ4v) is 5.00. The summed E-state index contributed by atoms with van der Waals surface area (Å²) >= 11 is 1.71. The second-order valence-electron chi connectivity index (χ2n) is 6.28. The largest absolute Gasteiger partial charge is 0.324 e. The van der Waals surface area contributed by atoms with Crippen molar-refractivity contribution < 1.29 is 9.59 Å². The van der Waals surface area contributed by atoms with E-state index < -0.39 is 0 Å². The molecule has 2 amide bonds. The van der Waals surface area contributed by atoms with Crippen LogP contribution in [0.3, 0.4) is 0 Å². The van der Waals surface area contributed by atoms with Crippen LogP contribution in [0, 0.1) is 0 Å². The number of nitrogens with one attached hydrogen (secondary N) is 1. The van der Waals surface area contributed by atoms with Gasteiger partial charge in [0.1, 0.15) is 6.04 Å². The number of nitrogens with zero attached hydrogens (tertiary/aromatic N) is 1. The lowest BCUT2D eigenvalue weighted by atomic mass is 10.1. The van der Waals surface area contributed by atoms with Gasteiger partial charge in [0.2, 0.25) is 11.8 Å². The third kappa shape index (κ3) is 2.30. The first-order valence-electron chi connectivity index (χ1n) is 7.83. The van der Waals surface area contributed by atoms with Crippen LogP contribution in [0.15, 0.2) is 42.5 Å². The number of amides is 2. The predicted molar refractivity (Wildman–Crippen MR) is 93.3 cm³/mol. The van der Waals surface area contributed by atoms with Gasteiger partial charge >= 0.3 is 0 Å². The Hall–Kier alpha value is -2.01. The van der Waals surface area contributed by atoms with Gasteiger partial charge in [0.25, 0.3) is 0 Å². The van der Waals surface area contributed by atoms with Crippen LogP contribution in [0.2, 0.25) is 0 Å². The molecule has 5 heteroatoms. The molecule has 1 N–H and O–H groups in total. The average Bonchev–Trinajstić information content (AvgIpc) is 3.04. The minimum atomic E-state index is -0.376. The molecular formula is C18H18N2O2S. The van der Waals surface area contributed by atoms with E-state index in [4.69, 9.17) is 0 Å². The molecule has 2 atom stereocenters. The maximum atomic E-state index is 12.8. The van der Waals surface area contributed by atoms with Crippen molar-refractivity contribution in [1.82, 2.24) is 4.90 Å². The van der Waals surface area contributed by atoms with Crippen LogP contribution in [0.1, 0.15) is 19.8 Å². The molecule has 2 aromatic rings. The fourth-order valence-electron chi connectivity index (χ4n) is 3.57. The fraction of sp³-hybridized carbons (Fsp3) is 0.333. The van der Waals surface area contributed by atoms with Gasteiger partial charge < -0.3 is 10.2 Å². The first-order chi connectivity index (χ1) is 11.1. The lowest BCUT2D eigenvalue weighted by molar-refractivity contribution is -0.135. The van der Waals surface area contributed by atoms with E-state index in [0.717, 1.165) is 22.9 Å². The standard InChI is InChI=1S/C18H18N2O2S/c1-18-10-9-16(21)20(18)15(11-23-18)17(22)19-14-8-4-6-12-5-2-3-7-13(12)14/h2-8,15H,9-11H2,1H3,(H,19,22)/t15-,18-/m0/s1. The molecule has 2 aliphatic rings. The zero-order valence-electron chi connectivity index (χ0n) is 12.9. The van der Waals surface area contributed by atoms with Gasteiger partial charge in [0.15, 0.2) is 0 Å². The summed E-state index contributed by atoms with van der Waals surface area (Å²) in [6, 6.07) is 13.5. The van der Waals surface area contributed by atoms with Crippen molar-refractivity contribution in [2.45, 2.75) is 30.7 Å². The van der Waals surface area contributed by atoms with Crippen molar-refractivity contribution >= 4 is 40.0 Å². The number of carbonyl (C=O) groups excluding carboxylic acids is 2. The van der Waals surface area contributed by atoms with Gasteiger partial charge in [-0.05, 0) is 24.8 Å². The van der Waals surface area contributed by atoms with Gasteiger partial charge in [-0.2, -0.15) is 0 Å². The zero-order valence-corrected chi connectivity index (χ0v) is 13.7. The molecule has 2 heterocycles. The van der Waals surface area contributed by atoms with Gasteiger partial charge in [-0.25, -0.2) is 0 Å². The number of anilines is 1. The summed E-state index contributed by atoms with van der Waals surface area (Å²) in [7, 11) is 0. The predicted octanol–water partition coefficient (Wildman–Crippen LogP) is 3.23. The van der Waals surface area contributed by atoms with Crippen LogP contribution in [-0.2, 0) is 9.59 Å². The normalized spacial score (nSPS) is 26.6. The lowest BCUT2D eigenvalue weighted by Crippen LogP contribution is -2.48. The highest BCUT2D eigenvalue weighted by Crippen LogP contribution is 2.47. The Morgan fingerprint density at radius 3 is 2.91 bits per heavy atom. The van der Waals surface area contributed by atoms with E-state index in [1.165, 1.54) is 0 Å². The number of benzene rings is 2. The molecule has 2 fully saturated rings. The molecule has 0 bridgehead atoms. The molecule has 0 radical (unpaired) electrons. The Labute approximate surface area is 139 Å². The third-order valence-electron chi connectivity index (χ3n) is 4.79. The van der Waals surface area contributed by atoms with Crippen LogP contribution in [-0.4, -0.2) is 33.4 Å². The van der Waals surface area contributed by atoms with Crippen LogP contribution in [0.4, 0.5) is 5.69 Å². The SMILES string of the molecule is C[C@]12CCC(=O)N1[C@H](C(=O)Nc1cccc3ccccc13)CS2. The van der Waals surface area contributed by atoms with Crippen LogP contribution in [0.5, 0.6) is 0 Å². The van der Waals surface area contributed by atoms with Crippen molar-refractivity contribution in [1.29, 1.82) is 0 Å². The maximum absolute atomic E-state index is 12.8. The summed E-state index contributed by atoms with van der Waals surface area (Å²) in [5.41, 5.74) is 0.804. The highest BCUT2D eigenvalue weighted by molar-refractivity contribution is 8.01. The molecule has 0 aromatic heterocycles. The Morgan fingerprint density at radius 2 is 2.04 bits per heavy atom. The Morgan fingerprint density at radius 1 is 1.26 bits per heavy atom. The van der Waals surface area contributed by atoms with E-state index in [9.17, 15) is 9.59 Å². The van der Waals surface area contributed by atoms with Crippen molar-refractivity contribution in [3.8, 4) is 0 Å². The zero-order chi connectivity index (χ0) is 16.0. The average molecular weight is 326 g/mol. The molecule has 0 aliphatic carbocycles. The molecular weight excluding hydrogens is 308 g/mol. The van der Waals surface area contributed by atoms with Gasteiger partial charge in [-0.3, -0.25) is 9.59 Å². The van der Waals surface area contributed by atoms with Crippen molar-refractivity contribution in [3.63, 3.8) is 0 Å². The summed E-state index contributed by atoms with van der Waals surface area (Å²) in [6.07, 6.45) is 1.37. The number of rotatable bonds is 2. The molecule has 2 saturated heterocycles. The van der Waals surface area contributed by atoms with Crippen molar-refractivity contribution in [2.75, 3.05) is 11.1 Å². The lowest BCUT2D eigenvalue weighted by Gasteiger charge is -2.29. The summed E-state index contributed by atoms with van der Waals surface area (Å²) < 4.78 is 0. The van der Waals surface area contributed by atoms with Crippen molar-refractivity contribution in [2.24, 2.45) is 0 Å². The number of thioether (sulfide) groups is 1. The summed E-state index contributed by atoms with van der Waals surface area (Å²) in [6.45, 7) is 2.06. The van der Waals surface area contributed by atoms with Crippen LogP contribution >= 0.6 is 11.8 Å². The molecule has 2 aromatic carbocycles. The smallest absolute Gasteiger partial charge is 0.248 e. The minimum absolute atomic E-state index is 0.0900. The van der Waals surface area contributed by atoms with Crippen LogP contribution in [0.25, 0.3) is 10.8 Å². The molecule has 0 spiro atoms. The van der Waals surface area contributed by atoms with E-state index in [1.54, 1.807) is 16.7 Å². The Bertz CT molecular complexity index is 801. The molecule has 23 heavy (non-hydrogen) atoms. The summed E-state index contributed by atoms with van der Waals surface area (Å²) in [4.78, 5) is 26.5. The van der Waals surface area contributed by atoms with E-state index >= 15 is 0 Å². The number of hydrogen-bond donors (Lipinski definition) is 1. The van der Waals surface area contributed by atoms with Gasteiger partial charge in [0, 0.05) is 23.2 Å². The highest BCUT2D eigenvalue weighted by Gasteiger charge is 2.52. The van der Waals surface area contributed by atoms with Crippen molar-refractivity contribution in [3.05, 3.63) is 42.5 Å². The van der Waals surface area contributed by atoms with E-state index in [0.29, 0.717) is 12.2 Å². The van der Waals surface area contributed by atoms with E-state index in [2.05, 4.69) is 12.2 Å². The second-order valence-corrected chi connectivity index (χ2v) is 7.78. The molecule has 2 aliphatic heterocycles. The monoisotopic (exact) mass is 326 g/mol. The summed E-state index contributed by atoms with van der Waals surface area (Å²) in [5.74, 6) is 0.669. The molecule has 4 rings (SSSR count). The quantitative estimate of drug-likeness (QED) is 0.922. The van der Waals surface area contributed by atoms with Gasteiger partial charge in [-0.1, -0.05) is 36.4 Å². The second kappa shape index (κ2) is 5.27. The third-order valence-corrected chi connectivity index (χ3v) is 6.30. The molecule has 4 nitrogen and oxygen atoms in total. The van der Waals surface area contributed by atoms with E-state index in [1.807, 2.05) is 42.5 Å². The first-order valence-corrected chi connectivity index (χ1v) is 8.82. The molecule has 0 saturated carbocycles. The molecule has 0 unspecified atom stereocenters. The number of hydrogen-bond acceptors (Lipinski definition) is 3. The highest BCUT2D eigenvalue weighted by atomic mass is 32.2. The van der Waals surface area contributed by atoms with E-state index in [-0.39, 0.29) is 22.7 Å². The molecule has 118 valence electrons. The Kier molecular flexibility index (Phi) is 3.34. The minimum Gasteiger partial charge on any atom is -0.324 e. The number of fused-ring (bicyclic) bond motifs is 2. The maximum Gasteiger partial charge on any atom is 0.248 e. The number of carbonyl (C=O) groups is 2. The first kappa shape index (κ1) is 14.6. The van der Waals surface area contributed by atoms with Gasteiger partial charge in [0.05, 0.1) is 4.87 Å². The Balaban J connectivity index is 1.62. The van der Waals surface area contributed by atoms with Gasteiger partial charge in [-0.15, -0.1) is 11.8 Å².